The predicted molar refractivity (Wildman–Crippen MR) is 87.6 cm³/mol. The van der Waals surface area contributed by atoms with Crippen molar-refractivity contribution in [3.05, 3.63) is 41.0 Å². The molecule has 0 radical (unpaired) electrons. The average molecular weight is 386 g/mol. The molecular formula is C14H12ClN3O6S. The fourth-order valence-corrected chi connectivity index (χ4v) is 3.09. The molecule has 0 bridgehead atoms. The van der Waals surface area contributed by atoms with Gasteiger partial charge in [-0.2, -0.15) is 4.98 Å². The molecule has 0 aliphatic heterocycles. The molecule has 1 aromatic heterocycles. The van der Waals surface area contributed by atoms with Gasteiger partial charge in [0.2, 0.25) is 11.8 Å². The van der Waals surface area contributed by atoms with Gasteiger partial charge in [-0.25, -0.2) is 18.2 Å². The zero-order valence-electron chi connectivity index (χ0n) is 13.0. The van der Waals surface area contributed by atoms with Crippen LogP contribution in [0.5, 0.6) is 5.88 Å². The molecule has 1 N–H and O–H groups in total. The number of aromatic nitrogens is 2. The zero-order valence-corrected chi connectivity index (χ0v) is 14.6. The van der Waals surface area contributed by atoms with E-state index in [1.807, 2.05) is 5.32 Å². The van der Waals surface area contributed by atoms with Crippen molar-refractivity contribution in [3.8, 4) is 5.88 Å². The maximum Gasteiger partial charge on any atom is 0.348 e. The normalized spacial score (nSPS) is 10.8. The van der Waals surface area contributed by atoms with E-state index in [-0.39, 0.29) is 22.5 Å². The highest BCUT2D eigenvalue weighted by molar-refractivity contribution is 8.06. The van der Waals surface area contributed by atoms with E-state index >= 15 is 0 Å². The molecule has 0 unspecified atom stereocenters. The second kappa shape index (κ2) is 7.45. The maximum atomic E-state index is 12.5. The number of hydrogen-bond acceptors (Lipinski definition) is 8. The predicted octanol–water partition coefficient (Wildman–Crippen LogP) is 1.93. The van der Waals surface area contributed by atoms with Gasteiger partial charge in [-0.15, -0.1) is 0 Å². The summed E-state index contributed by atoms with van der Waals surface area (Å²) in [6, 6.07) is 6.42. The molecule has 11 heteroatoms. The standard InChI is InChI=1S/C14H12ClN3O6S/c1-23-11-7-10(15)16-13(17-11)18-14(20)25(21,22)9-6-4-3-5-8(9)12(19)24-2/h3-7H,1-2H3,(H,16,17,18,20). The number of sulfone groups is 1. The first-order valence-electron chi connectivity index (χ1n) is 6.61. The van der Waals surface area contributed by atoms with E-state index < -0.39 is 25.9 Å². The summed E-state index contributed by atoms with van der Waals surface area (Å²) in [5, 5.41) is 0.517. The summed E-state index contributed by atoms with van der Waals surface area (Å²) in [4.78, 5) is 30.9. The van der Waals surface area contributed by atoms with Crippen LogP contribution in [0.15, 0.2) is 35.2 Å². The number of anilines is 1. The molecule has 0 saturated heterocycles. The molecule has 0 spiro atoms. The molecule has 0 fully saturated rings. The number of carbonyl (C=O) groups is 2. The van der Waals surface area contributed by atoms with Crippen LogP contribution >= 0.6 is 11.6 Å². The Morgan fingerprint density at radius 3 is 2.48 bits per heavy atom. The Balaban J connectivity index is 2.39. The Morgan fingerprint density at radius 1 is 1.16 bits per heavy atom. The third kappa shape index (κ3) is 4.03. The van der Waals surface area contributed by atoms with Crippen LogP contribution in [0.3, 0.4) is 0 Å². The molecule has 1 heterocycles. The van der Waals surface area contributed by atoms with Gasteiger partial charge in [0.15, 0.2) is 0 Å². The Kier molecular flexibility index (Phi) is 5.55. The number of carbonyl (C=O) groups excluding carboxylic acids is 2. The first-order valence-corrected chi connectivity index (χ1v) is 8.47. The molecular weight excluding hydrogens is 374 g/mol. The summed E-state index contributed by atoms with van der Waals surface area (Å²) < 4.78 is 34.3. The number of nitrogens with one attached hydrogen (secondary N) is 1. The van der Waals surface area contributed by atoms with Crippen molar-refractivity contribution in [1.29, 1.82) is 0 Å². The molecule has 0 saturated carbocycles. The van der Waals surface area contributed by atoms with Gasteiger partial charge >= 0.3 is 11.2 Å². The van der Waals surface area contributed by atoms with E-state index in [0.29, 0.717) is 0 Å². The molecule has 1 amide bonds. The minimum Gasteiger partial charge on any atom is -0.481 e. The van der Waals surface area contributed by atoms with Crippen molar-refractivity contribution in [2.75, 3.05) is 19.5 Å². The van der Waals surface area contributed by atoms with Crippen molar-refractivity contribution >= 4 is 38.6 Å². The second-order valence-electron chi connectivity index (χ2n) is 4.46. The lowest BCUT2D eigenvalue weighted by Crippen LogP contribution is -2.24. The molecule has 0 aliphatic rings. The lowest BCUT2D eigenvalue weighted by Gasteiger charge is -2.09. The summed E-state index contributed by atoms with van der Waals surface area (Å²) in [5.74, 6) is -1.23. The van der Waals surface area contributed by atoms with Crippen LogP contribution in [0.4, 0.5) is 10.7 Å². The molecule has 1 aromatic carbocycles. The van der Waals surface area contributed by atoms with Crippen LogP contribution in [0.1, 0.15) is 10.4 Å². The summed E-state index contributed by atoms with van der Waals surface area (Å²) in [6.45, 7) is 0. The van der Waals surface area contributed by atoms with Crippen LogP contribution in [0.2, 0.25) is 5.15 Å². The fourth-order valence-electron chi connectivity index (χ4n) is 1.80. The third-order valence-corrected chi connectivity index (χ3v) is 4.64. The molecule has 2 rings (SSSR count). The van der Waals surface area contributed by atoms with Crippen molar-refractivity contribution in [1.82, 2.24) is 9.97 Å². The van der Waals surface area contributed by atoms with Gasteiger partial charge in [0.05, 0.1) is 24.7 Å². The first-order chi connectivity index (χ1) is 11.8. The Labute approximate surface area is 147 Å². The highest BCUT2D eigenvalue weighted by Crippen LogP contribution is 2.21. The zero-order chi connectivity index (χ0) is 18.6. The molecule has 9 nitrogen and oxygen atoms in total. The monoisotopic (exact) mass is 385 g/mol. The smallest absolute Gasteiger partial charge is 0.348 e. The van der Waals surface area contributed by atoms with Crippen LogP contribution in [0, 0.1) is 0 Å². The second-order valence-corrected chi connectivity index (χ2v) is 6.67. The van der Waals surface area contributed by atoms with Gasteiger partial charge < -0.3 is 9.47 Å². The number of rotatable bonds is 4. The summed E-state index contributed by atoms with van der Waals surface area (Å²) in [5.41, 5.74) is -0.273. The molecule has 132 valence electrons. The minimum absolute atomic E-state index is 0.0302. The van der Waals surface area contributed by atoms with Crippen molar-refractivity contribution in [2.24, 2.45) is 0 Å². The van der Waals surface area contributed by atoms with E-state index in [9.17, 15) is 18.0 Å². The topological polar surface area (TPSA) is 125 Å². The molecule has 0 aliphatic carbocycles. The van der Waals surface area contributed by atoms with E-state index in [4.69, 9.17) is 16.3 Å². The van der Waals surface area contributed by atoms with Crippen molar-refractivity contribution in [2.45, 2.75) is 4.90 Å². The van der Waals surface area contributed by atoms with Gasteiger partial charge in [0.1, 0.15) is 5.15 Å². The van der Waals surface area contributed by atoms with E-state index in [0.717, 1.165) is 13.2 Å². The number of esters is 1. The maximum absolute atomic E-state index is 12.5. The van der Waals surface area contributed by atoms with Gasteiger partial charge in [-0.1, -0.05) is 23.7 Å². The van der Waals surface area contributed by atoms with Crippen LogP contribution in [-0.2, 0) is 14.6 Å². The Bertz CT molecular complexity index is 932. The molecule has 2 aromatic rings. The van der Waals surface area contributed by atoms with E-state index in [1.165, 1.54) is 31.4 Å². The van der Waals surface area contributed by atoms with Gasteiger partial charge in [0.25, 0.3) is 9.84 Å². The van der Waals surface area contributed by atoms with Gasteiger partial charge in [-0.3, -0.25) is 10.1 Å². The van der Waals surface area contributed by atoms with Crippen molar-refractivity contribution in [3.63, 3.8) is 0 Å². The average Bonchev–Trinajstić information content (AvgIpc) is 2.60. The number of halogens is 1. The summed E-state index contributed by atoms with van der Waals surface area (Å²) in [6.07, 6.45) is 0. The van der Waals surface area contributed by atoms with Crippen LogP contribution in [-0.4, -0.2) is 43.8 Å². The summed E-state index contributed by atoms with van der Waals surface area (Å²) in [7, 11) is -2.16. The van der Waals surface area contributed by atoms with E-state index in [1.54, 1.807) is 0 Å². The number of benzene rings is 1. The summed E-state index contributed by atoms with van der Waals surface area (Å²) >= 11 is 5.74. The Morgan fingerprint density at radius 2 is 1.84 bits per heavy atom. The van der Waals surface area contributed by atoms with Crippen LogP contribution in [0.25, 0.3) is 0 Å². The number of amides is 1. The minimum atomic E-state index is -4.57. The third-order valence-electron chi connectivity index (χ3n) is 2.92. The lowest BCUT2D eigenvalue weighted by atomic mass is 10.2. The highest BCUT2D eigenvalue weighted by Gasteiger charge is 2.30. The number of nitrogens with zero attached hydrogens (tertiary/aromatic N) is 2. The highest BCUT2D eigenvalue weighted by atomic mass is 35.5. The number of ether oxygens (including phenoxy) is 2. The van der Waals surface area contributed by atoms with Gasteiger partial charge in [-0.05, 0) is 12.1 Å². The Hall–Kier alpha value is -2.72. The molecule has 25 heavy (non-hydrogen) atoms. The van der Waals surface area contributed by atoms with Crippen LogP contribution < -0.4 is 10.1 Å². The lowest BCUT2D eigenvalue weighted by molar-refractivity contribution is 0.0596. The SMILES string of the molecule is COC(=O)c1ccccc1S(=O)(=O)C(=O)Nc1nc(Cl)cc(OC)n1. The number of methoxy groups -OCH3 is 2. The molecule has 0 atom stereocenters. The quantitative estimate of drug-likeness (QED) is 0.625. The fraction of sp³-hybridized carbons (Fsp3) is 0.143. The largest absolute Gasteiger partial charge is 0.481 e. The van der Waals surface area contributed by atoms with E-state index in [2.05, 4.69) is 14.7 Å². The van der Waals surface area contributed by atoms with Crippen molar-refractivity contribution < 1.29 is 27.5 Å². The van der Waals surface area contributed by atoms with Gasteiger partial charge in [0, 0.05) is 6.07 Å². The number of hydrogen-bond donors (Lipinski definition) is 1. The first kappa shape index (κ1) is 18.6.